The largest absolute Gasteiger partial charge is 0.387 e. The molecule has 1 aliphatic rings. The van der Waals surface area contributed by atoms with E-state index in [2.05, 4.69) is 11.7 Å². The number of allylic oxidation sites excluding steroid dienone is 1. The van der Waals surface area contributed by atoms with Gasteiger partial charge in [-0.15, -0.1) is 11.7 Å². The van der Waals surface area contributed by atoms with Crippen LogP contribution in [0.1, 0.15) is 12.8 Å². The van der Waals surface area contributed by atoms with Crippen molar-refractivity contribution in [3.63, 3.8) is 0 Å². The van der Waals surface area contributed by atoms with Crippen LogP contribution in [0.15, 0.2) is 41.7 Å². The Labute approximate surface area is 155 Å². The van der Waals surface area contributed by atoms with Crippen molar-refractivity contribution in [2.24, 2.45) is 0 Å². The Bertz CT molecular complexity index is 1100. The average molecular weight is 372 g/mol. The molecule has 3 aromatic rings. The minimum atomic E-state index is -0.273. The molecule has 136 valence electrons. The Kier molecular flexibility index (Phi) is 4.47. The maximum absolute atomic E-state index is 12.9. The van der Waals surface area contributed by atoms with Crippen LogP contribution in [0, 0.1) is 4.77 Å². The van der Waals surface area contributed by atoms with E-state index in [1.165, 1.54) is 4.90 Å². The van der Waals surface area contributed by atoms with Crippen molar-refractivity contribution in [2.45, 2.75) is 32.2 Å². The molecule has 8 heteroatoms. The summed E-state index contributed by atoms with van der Waals surface area (Å²) in [6.45, 7) is 6.37. The lowest BCUT2D eigenvalue weighted by atomic mass is 10.1. The number of hydrogen-bond donors (Lipinski definition) is 2. The van der Waals surface area contributed by atoms with Crippen LogP contribution in [-0.4, -0.2) is 43.0 Å². The van der Waals surface area contributed by atoms with Gasteiger partial charge in [0.2, 0.25) is 10.5 Å². The Hall–Kier alpha value is -2.29. The summed E-state index contributed by atoms with van der Waals surface area (Å²) in [4.78, 5) is 14.1. The molecular formula is C18H22N5O2S+. The number of para-hydroxylation sites is 1. The molecule has 0 radical (unpaired) electrons. The quantitative estimate of drug-likeness (QED) is 0.513. The van der Waals surface area contributed by atoms with Gasteiger partial charge in [-0.3, -0.25) is 13.8 Å². The van der Waals surface area contributed by atoms with Crippen molar-refractivity contribution in [3.05, 3.63) is 52.0 Å². The van der Waals surface area contributed by atoms with Gasteiger partial charge in [-0.2, -0.15) is 4.68 Å². The number of benzene rings is 1. The number of likely N-dealkylation sites (tertiary alicyclic amines) is 1. The van der Waals surface area contributed by atoms with E-state index >= 15 is 0 Å². The van der Waals surface area contributed by atoms with E-state index in [9.17, 15) is 9.90 Å². The van der Waals surface area contributed by atoms with Gasteiger partial charge in [-0.1, -0.05) is 18.2 Å². The Morgan fingerprint density at radius 2 is 2.23 bits per heavy atom. The first-order valence-corrected chi connectivity index (χ1v) is 9.24. The first kappa shape index (κ1) is 17.1. The Balaban J connectivity index is 1.91. The van der Waals surface area contributed by atoms with Gasteiger partial charge in [-0.05, 0) is 37.2 Å². The first-order valence-electron chi connectivity index (χ1n) is 8.84. The van der Waals surface area contributed by atoms with Crippen molar-refractivity contribution in [3.8, 4) is 0 Å². The Morgan fingerprint density at radius 3 is 3.00 bits per heavy atom. The summed E-state index contributed by atoms with van der Waals surface area (Å²) < 4.78 is 5.78. The molecule has 4 rings (SSSR count). The zero-order valence-corrected chi connectivity index (χ0v) is 15.3. The molecule has 1 fully saturated rings. The maximum Gasteiger partial charge on any atom is 0.263 e. The number of aromatic nitrogens is 4. The number of piperidine rings is 1. The van der Waals surface area contributed by atoms with E-state index in [4.69, 9.17) is 12.2 Å². The fraction of sp³-hybridized carbons (Fsp3) is 0.389. The van der Waals surface area contributed by atoms with Crippen molar-refractivity contribution < 1.29 is 10.0 Å². The molecule has 1 unspecified atom stereocenters. The van der Waals surface area contributed by atoms with Gasteiger partial charge < -0.3 is 10.0 Å². The number of fused-ring (bicyclic) bond motifs is 3. The lowest BCUT2D eigenvalue weighted by molar-refractivity contribution is -0.931. The zero-order valence-electron chi connectivity index (χ0n) is 14.5. The smallest absolute Gasteiger partial charge is 0.263 e. The lowest BCUT2D eigenvalue weighted by Gasteiger charge is -2.26. The molecule has 1 aliphatic heterocycles. The minimum Gasteiger partial charge on any atom is -0.387 e. The van der Waals surface area contributed by atoms with Gasteiger partial charge in [0.05, 0.1) is 17.4 Å². The van der Waals surface area contributed by atoms with Gasteiger partial charge in [-0.25, -0.2) is 0 Å². The summed E-state index contributed by atoms with van der Waals surface area (Å²) in [7, 11) is 0. The van der Waals surface area contributed by atoms with Crippen molar-refractivity contribution in [1.29, 1.82) is 0 Å². The number of nitrogens with one attached hydrogen (secondary N) is 1. The van der Waals surface area contributed by atoms with E-state index in [-0.39, 0.29) is 11.7 Å². The minimum absolute atomic E-state index is 0.0964. The van der Waals surface area contributed by atoms with Gasteiger partial charge in [0.25, 0.3) is 5.56 Å². The molecule has 3 heterocycles. The summed E-state index contributed by atoms with van der Waals surface area (Å²) >= 11 is 5.69. The van der Waals surface area contributed by atoms with E-state index in [0.717, 1.165) is 24.9 Å². The van der Waals surface area contributed by atoms with Crippen LogP contribution >= 0.6 is 12.2 Å². The summed E-state index contributed by atoms with van der Waals surface area (Å²) in [5.74, 6) is 0.524. The summed E-state index contributed by atoms with van der Waals surface area (Å²) in [5.41, 5.74) is 0.665. The fourth-order valence-corrected chi connectivity index (χ4v) is 4.03. The highest BCUT2D eigenvalue weighted by molar-refractivity contribution is 7.71. The molecule has 1 aromatic carbocycles. The number of aliphatic hydroxyl groups is 1. The van der Waals surface area contributed by atoms with Gasteiger partial charge in [0, 0.05) is 6.54 Å². The predicted octanol–water partition coefficient (Wildman–Crippen LogP) is 0.363. The van der Waals surface area contributed by atoms with Crippen molar-refractivity contribution in [1.82, 2.24) is 18.7 Å². The van der Waals surface area contributed by atoms with Crippen LogP contribution in [0.4, 0.5) is 0 Å². The molecule has 0 saturated carbocycles. The van der Waals surface area contributed by atoms with Gasteiger partial charge in [0.1, 0.15) is 12.6 Å². The Morgan fingerprint density at radius 1 is 1.42 bits per heavy atom. The second-order valence-electron chi connectivity index (χ2n) is 6.80. The van der Waals surface area contributed by atoms with Crippen LogP contribution in [0.3, 0.4) is 0 Å². The lowest BCUT2D eigenvalue weighted by Crippen LogP contribution is -3.13. The average Bonchev–Trinajstić information content (AvgIpc) is 2.95. The van der Waals surface area contributed by atoms with Crippen LogP contribution < -0.4 is 10.5 Å². The highest BCUT2D eigenvalue weighted by Gasteiger charge is 2.23. The first-order chi connectivity index (χ1) is 12.6. The fourth-order valence-electron chi connectivity index (χ4n) is 3.74. The normalized spacial score (nSPS) is 20.7. The van der Waals surface area contributed by atoms with Gasteiger partial charge in [0.15, 0.2) is 6.67 Å². The van der Waals surface area contributed by atoms with Crippen molar-refractivity contribution in [2.75, 3.05) is 13.1 Å². The monoisotopic (exact) mass is 372 g/mol. The van der Waals surface area contributed by atoms with E-state index < -0.39 is 0 Å². The van der Waals surface area contributed by atoms with Crippen molar-refractivity contribution >= 4 is 28.9 Å². The van der Waals surface area contributed by atoms with Crippen LogP contribution in [0.2, 0.25) is 0 Å². The van der Waals surface area contributed by atoms with Gasteiger partial charge >= 0.3 is 0 Å². The highest BCUT2D eigenvalue weighted by Crippen LogP contribution is 2.14. The van der Waals surface area contributed by atoms with E-state index in [0.29, 0.717) is 35.7 Å². The molecule has 2 atom stereocenters. The summed E-state index contributed by atoms with van der Waals surface area (Å²) in [5, 5.41) is 15.2. The molecule has 0 spiro atoms. The number of rotatable bonds is 4. The molecule has 26 heavy (non-hydrogen) atoms. The third kappa shape index (κ3) is 2.80. The standard InChI is InChI=1S/C18H21N5O2S/c1-2-9-21-16(25)14-7-3-4-8-15(14)23-17(21)19-22(18(23)26)12-20-10-5-6-13(24)11-20/h2-4,7-8,13,24H,1,5-6,9-12H2/p+1/t13-/m0/s1. The third-order valence-electron chi connectivity index (χ3n) is 4.96. The molecule has 2 N–H and O–H groups in total. The second kappa shape index (κ2) is 6.79. The van der Waals surface area contributed by atoms with E-state index in [1.54, 1.807) is 15.3 Å². The molecular weight excluding hydrogens is 350 g/mol. The molecule has 0 aliphatic carbocycles. The SMILES string of the molecule is C=CCn1c(=O)c2ccccc2n2c(=S)n(C[NH+]3CCC[C@H](O)C3)nc12. The summed E-state index contributed by atoms with van der Waals surface area (Å²) in [6, 6.07) is 7.44. The molecule has 0 bridgehead atoms. The molecule has 0 amide bonds. The number of quaternary nitrogens is 1. The number of hydrogen-bond acceptors (Lipinski definition) is 4. The number of aliphatic hydroxyl groups excluding tert-OH is 1. The third-order valence-corrected chi connectivity index (χ3v) is 5.35. The highest BCUT2D eigenvalue weighted by atomic mass is 32.1. The van der Waals surface area contributed by atoms with Crippen LogP contribution in [-0.2, 0) is 13.2 Å². The van der Waals surface area contributed by atoms with Crippen LogP contribution in [0.5, 0.6) is 0 Å². The number of nitrogens with zero attached hydrogens (tertiary/aromatic N) is 4. The molecule has 2 aromatic heterocycles. The maximum atomic E-state index is 12.9. The molecule has 7 nitrogen and oxygen atoms in total. The topological polar surface area (TPSA) is 68.9 Å². The second-order valence-corrected chi connectivity index (χ2v) is 7.16. The zero-order chi connectivity index (χ0) is 18.3. The summed E-state index contributed by atoms with van der Waals surface area (Å²) in [6.07, 6.45) is 3.25. The molecule has 1 saturated heterocycles. The van der Waals surface area contributed by atoms with Crippen LogP contribution in [0.25, 0.3) is 16.7 Å². The van der Waals surface area contributed by atoms with E-state index in [1.807, 2.05) is 28.7 Å². The predicted molar refractivity (Wildman–Crippen MR) is 102 cm³/mol.